The van der Waals surface area contributed by atoms with Crippen LogP contribution in [0.1, 0.15) is 6.42 Å². The fraction of sp³-hybridized carbons (Fsp3) is 1.00. The average Bonchev–Trinajstić information content (AvgIpc) is 2.51. The van der Waals surface area contributed by atoms with Gasteiger partial charge in [0.1, 0.15) is 0 Å². The van der Waals surface area contributed by atoms with Crippen LogP contribution in [0.15, 0.2) is 0 Å². The Morgan fingerprint density at radius 2 is 1.81 bits per heavy atom. The summed E-state index contributed by atoms with van der Waals surface area (Å²) in [5, 5.41) is 0. The highest BCUT2D eigenvalue weighted by molar-refractivity contribution is 8.55. The van der Waals surface area contributed by atoms with E-state index in [0.717, 1.165) is 0 Å². The molecule has 96 valence electrons. The fourth-order valence-electron chi connectivity index (χ4n) is 0.996. The molecule has 1 rings (SSSR count). The van der Waals surface area contributed by atoms with Gasteiger partial charge in [-0.05, 0) is 11.4 Å². The molecule has 1 atom stereocenters. The number of hydrogen-bond donors (Lipinski definition) is 3. The predicted molar refractivity (Wildman–Crippen MR) is 55.7 cm³/mol. The van der Waals surface area contributed by atoms with Gasteiger partial charge in [-0.2, -0.15) is 4.31 Å². The molecule has 0 bridgehead atoms. The van der Waals surface area contributed by atoms with Crippen LogP contribution in [-0.4, -0.2) is 39.9 Å². The van der Waals surface area contributed by atoms with E-state index in [-0.39, 0.29) is 5.75 Å². The van der Waals surface area contributed by atoms with E-state index in [0.29, 0.717) is 31.0 Å². The summed E-state index contributed by atoms with van der Waals surface area (Å²) < 4.78 is 35.4. The Kier molecular flexibility index (Phi) is 5.44. The van der Waals surface area contributed by atoms with Gasteiger partial charge in [-0.25, -0.2) is 9.13 Å². The molecule has 0 aromatic rings. The average molecular weight is 294 g/mol. The lowest BCUT2D eigenvalue weighted by molar-refractivity contribution is -0.0421. The summed E-state index contributed by atoms with van der Waals surface area (Å²) in [5.41, 5.74) is 0. The van der Waals surface area contributed by atoms with E-state index in [9.17, 15) is 9.13 Å². The van der Waals surface area contributed by atoms with E-state index in [1.807, 2.05) is 0 Å². The van der Waals surface area contributed by atoms with Crippen LogP contribution < -0.4 is 0 Å². The zero-order valence-corrected chi connectivity index (χ0v) is 10.7. The zero-order chi connectivity index (χ0) is 12.2. The first-order valence-corrected chi connectivity index (χ1v) is 8.96. The molecule has 1 aliphatic heterocycles. The summed E-state index contributed by atoms with van der Waals surface area (Å²) in [6.45, 7) is -3.37. The molecule has 0 saturated carbocycles. The molecular formula is C5H12O8P2S. The van der Waals surface area contributed by atoms with Crippen molar-refractivity contribution in [1.82, 2.24) is 0 Å². The molecule has 1 unspecified atom stereocenters. The smallest absolute Gasteiger partial charge is 0.350 e. The summed E-state index contributed by atoms with van der Waals surface area (Å²) in [6.07, 6.45) is -0.0812. The second-order valence-electron chi connectivity index (χ2n) is 2.83. The van der Waals surface area contributed by atoms with E-state index in [1.54, 1.807) is 0 Å². The van der Waals surface area contributed by atoms with Crippen molar-refractivity contribution in [2.45, 2.75) is 12.7 Å². The van der Waals surface area contributed by atoms with Crippen molar-refractivity contribution in [2.24, 2.45) is 0 Å². The molecule has 3 N–H and O–H groups in total. The lowest BCUT2D eigenvalue weighted by Gasteiger charge is -2.12. The standard InChI is InChI=1S/C5H12O8P2S/c6-14(7,8)13-15(9,10)16-4-1-5-11-2-3-12-5/h5H,1-4H2,(H,9,10)(H2,6,7,8). The monoisotopic (exact) mass is 294 g/mol. The van der Waals surface area contributed by atoms with Crippen molar-refractivity contribution in [2.75, 3.05) is 19.0 Å². The molecule has 0 amide bonds. The Morgan fingerprint density at radius 1 is 1.25 bits per heavy atom. The van der Waals surface area contributed by atoms with Gasteiger partial charge in [-0.15, -0.1) is 0 Å². The molecular weight excluding hydrogens is 282 g/mol. The minimum atomic E-state index is -4.95. The van der Waals surface area contributed by atoms with E-state index in [4.69, 9.17) is 24.2 Å². The first-order valence-electron chi connectivity index (χ1n) is 4.26. The third kappa shape index (κ3) is 6.34. The zero-order valence-electron chi connectivity index (χ0n) is 8.09. The van der Waals surface area contributed by atoms with Gasteiger partial charge in [-0.3, -0.25) is 0 Å². The summed E-state index contributed by atoms with van der Waals surface area (Å²) in [4.78, 5) is 25.8. The summed E-state index contributed by atoms with van der Waals surface area (Å²) in [5.74, 6) is 0.137. The second-order valence-corrected chi connectivity index (χ2v) is 8.23. The number of hydrogen-bond acceptors (Lipinski definition) is 6. The van der Waals surface area contributed by atoms with E-state index < -0.39 is 20.9 Å². The highest BCUT2D eigenvalue weighted by Gasteiger charge is 2.31. The van der Waals surface area contributed by atoms with Gasteiger partial charge in [0.25, 0.3) is 0 Å². The second kappa shape index (κ2) is 5.95. The molecule has 16 heavy (non-hydrogen) atoms. The van der Waals surface area contributed by atoms with E-state index in [1.165, 1.54) is 0 Å². The van der Waals surface area contributed by atoms with E-state index >= 15 is 0 Å². The van der Waals surface area contributed by atoms with Crippen molar-refractivity contribution in [1.29, 1.82) is 0 Å². The highest BCUT2D eigenvalue weighted by atomic mass is 32.7. The summed E-state index contributed by atoms with van der Waals surface area (Å²) in [7, 11) is -4.95. The fourth-order valence-corrected chi connectivity index (χ4v) is 5.00. The summed E-state index contributed by atoms with van der Waals surface area (Å²) in [6, 6.07) is 0. The molecule has 8 nitrogen and oxygen atoms in total. The van der Waals surface area contributed by atoms with Gasteiger partial charge in [-0.1, -0.05) is 0 Å². The Labute approximate surface area is 95.8 Å². The van der Waals surface area contributed by atoms with Crippen LogP contribution in [0.4, 0.5) is 0 Å². The first-order chi connectivity index (χ1) is 7.29. The number of ether oxygens (including phenoxy) is 2. The summed E-state index contributed by atoms with van der Waals surface area (Å²) >= 11 is 0.429. The van der Waals surface area contributed by atoms with Crippen molar-refractivity contribution < 1.29 is 37.6 Å². The molecule has 0 radical (unpaired) electrons. The van der Waals surface area contributed by atoms with Gasteiger partial charge in [0.2, 0.25) is 0 Å². The Hall–Kier alpha value is 0.570. The predicted octanol–water partition coefficient (Wildman–Crippen LogP) is 0.692. The van der Waals surface area contributed by atoms with Crippen LogP contribution in [-0.2, 0) is 22.9 Å². The molecule has 1 saturated heterocycles. The van der Waals surface area contributed by atoms with Gasteiger partial charge in [0.15, 0.2) is 6.29 Å². The van der Waals surface area contributed by atoms with E-state index in [2.05, 4.69) is 4.31 Å². The van der Waals surface area contributed by atoms with Crippen molar-refractivity contribution in [3.63, 3.8) is 0 Å². The van der Waals surface area contributed by atoms with Crippen molar-refractivity contribution in [3.8, 4) is 0 Å². The third-order valence-electron chi connectivity index (χ3n) is 1.51. The Balaban J connectivity index is 2.25. The van der Waals surface area contributed by atoms with Crippen molar-refractivity contribution >= 4 is 26.0 Å². The maximum atomic E-state index is 11.1. The maximum absolute atomic E-state index is 11.1. The Morgan fingerprint density at radius 3 is 2.31 bits per heavy atom. The van der Waals surface area contributed by atoms with Gasteiger partial charge in [0.05, 0.1) is 13.2 Å². The SMILES string of the molecule is O=P(O)(O)OP(=O)(O)SCCC1OCCO1. The first kappa shape index (κ1) is 14.6. The minimum absolute atomic E-state index is 0.137. The molecule has 0 aliphatic carbocycles. The van der Waals surface area contributed by atoms with Gasteiger partial charge >= 0.3 is 14.6 Å². The Bertz CT molecular complexity index is 310. The molecule has 0 aromatic carbocycles. The number of phosphoric acid groups is 1. The lowest BCUT2D eigenvalue weighted by atomic mass is 10.5. The van der Waals surface area contributed by atoms with Crippen LogP contribution in [0.3, 0.4) is 0 Å². The van der Waals surface area contributed by atoms with Gasteiger partial charge < -0.3 is 24.2 Å². The normalized spacial score (nSPS) is 22.2. The van der Waals surface area contributed by atoms with Crippen LogP contribution in [0.25, 0.3) is 0 Å². The van der Waals surface area contributed by atoms with Crippen LogP contribution in [0, 0.1) is 0 Å². The van der Waals surface area contributed by atoms with Crippen LogP contribution in [0.2, 0.25) is 0 Å². The molecule has 1 fully saturated rings. The largest absolute Gasteiger partial charge is 0.477 e. The van der Waals surface area contributed by atoms with Gasteiger partial charge in [0, 0.05) is 12.2 Å². The van der Waals surface area contributed by atoms with Crippen molar-refractivity contribution in [3.05, 3.63) is 0 Å². The quantitative estimate of drug-likeness (QED) is 0.607. The molecule has 0 aromatic heterocycles. The molecule has 1 aliphatic rings. The molecule has 11 heteroatoms. The minimum Gasteiger partial charge on any atom is -0.350 e. The molecule has 0 spiro atoms. The lowest BCUT2D eigenvalue weighted by Crippen LogP contribution is -2.08. The topological polar surface area (TPSA) is 123 Å². The molecule has 1 heterocycles. The van der Waals surface area contributed by atoms with Crippen LogP contribution in [0.5, 0.6) is 0 Å². The van der Waals surface area contributed by atoms with Crippen LogP contribution >= 0.6 is 26.0 Å². The third-order valence-corrected chi connectivity index (χ3v) is 6.06. The maximum Gasteiger partial charge on any atom is 0.477 e. The highest BCUT2D eigenvalue weighted by Crippen LogP contribution is 2.65. The number of rotatable bonds is 6.